The minimum absolute atomic E-state index is 0.146. The normalized spacial score (nSPS) is 14.4. The van der Waals surface area contributed by atoms with Crippen LogP contribution in [0.3, 0.4) is 0 Å². The SMILES string of the molecule is COc1ccccc1NC(=O)COc1ccc(/C=C2/SC(=S)N(c3ccc(C)cc3)C2=O)cc1. The second kappa shape index (κ2) is 10.5. The van der Waals surface area contributed by atoms with E-state index in [2.05, 4.69) is 5.32 Å². The van der Waals surface area contributed by atoms with Crippen molar-refractivity contribution in [2.45, 2.75) is 6.92 Å². The maximum absolute atomic E-state index is 12.9. The summed E-state index contributed by atoms with van der Waals surface area (Å²) in [6, 6.07) is 22.0. The predicted octanol–water partition coefficient (Wildman–Crippen LogP) is 5.43. The largest absolute Gasteiger partial charge is 0.495 e. The molecule has 0 saturated carbocycles. The number of para-hydroxylation sites is 2. The first-order valence-corrected chi connectivity index (χ1v) is 11.7. The molecule has 0 radical (unpaired) electrons. The van der Waals surface area contributed by atoms with E-state index in [-0.39, 0.29) is 18.4 Å². The molecule has 1 aliphatic rings. The van der Waals surface area contributed by atoms with E-state index < -0.39 is 0 Å². The Morgan fingerprint density at radius 2 is 1.76 bits per heavy atom. The standard InChI is InChI=1S/C26H22N2O4S2/c1-17-7-11-19(12-8-17)28-25(30)23(34-26(28)33)15-18-9-13-20(14-10-18)32-16-24(29)27-21-5-3-4-6-22(21)31-2/h3-15H,16H2,1-2H3,(H,27,29)/b23-15+. The quantitative estimate of drug-likeness (QED) is 0.352. The third-order valence-corrected chi connectivity index (χ3v) is 6.32. The van der Waals surface area contributed by atoms with E-state index in [0.29, 0.717) is 26.4 Å². The summed E-state index contributed by atoms with van der Waals surface area (Å²) >= 11 is 6.70. The number of methoxy groups -OCH3 is 1. The van der Waals surface area contributed by atoms with Gasteiger partial charge >= 0.3 is 0 Å². The van der Waals surface area contributed by atoms with Gasteiger partial charge in [0.15, 0.2) is 10.9 Å². The van der Waals surface area contributed by atoms with Crippen LogP contribution in [-0.4, -0.2) is 29.9 Å². The van der Waals surface area contributed by atoms with Gasteiger partial charge in [-0.25, -0.2) is 0 Å². The highest BCUT2D eigenvalue weighted by molar-refractivity contribution is 8.27. The van der Waals surface area contributed by atoms with Crippen LogP contribution in [0.5, 0.6) is 11.5 Å². The molecule has 1 N–H and O–H groups in total. The van der Waals surface area contributed by atoms with E-state index in [4.69, 9.17) is 21.7 Å². The fourth-order valence-electron chi connectivity index (χ4n) is 3.28. The van der Waals surface area contributed by atoms with Crippen molar-refractivity contribution in [3.05, 3.63) is 88.8 Å². The number of carbonyl (C=O) groups excluding carboxylic acids is 2. The van der Waals surface area contributed by atoms with Crippen LogP contribution in [-0.2, 0) is 9.59 Å². The number of hydrogen-bond acceptors (Lipinski definition) is 6. The van der Waals surface area contributed by atoms with Crippen molar-refractivity contribution in [3.8, 4) is 11.5 Å². The molecule has 3 aromatic carbocycles. The van der Waals surface area contributed by atoms with Crippen LogP contribution in [0.1, 0.15) is 11.1 Å². The molecule has 0 aromatic heterocycles. The van der Waals surface area contributed by atoms with Gasteiger partial charge in [-0.1, -0.05) is 65.9 Å². The van der Waals surface area contributed by atoms with Crippen molar-refractivity contribution in [2.24, 2.45) is 0 Å². The first kappa shape index (κ1) is 23.5. The Morgan fingerprint density at radius 1 is 1.06 bits per heavy atom. The Labute approximate surface area is 207 Å². The second-order valence-electron chi connectivity index (χ2n) is 7.46. The molecular weight excluding hydrogens is 468 g/mol. The lowest BCUT2D eigenvalue weighted by molar-refractivity contribution is -0.118. The molecule has 0 spiro atoms. The van der Waals surface area contributed by atoms with Gasteiger partial charge in [0.05, 0.1) is 23.4 Å². The van der Waals surface area contributed by atoms with Crippen LogP contribution in [0.15, 0.2) is 77.7 Å². The highest BCUT2D eigenvalue weighted by Gasteiger charge is 2.33. The number of anilines is 2. The molecule has 6 nitrogen and oxygen atoms in total. The van der Waals surface area contributed by atoms with Crippen molar-refractivity contribution in [1.29, 1.82) is 0 Å². The van der Waals surface area contributed by atoms with Gasteiger partial charge in [-0.3, -0.25) is 14.5 Å². The Kier molecular flexibility index (Phi) is 7.30. The number of thiocarbonyl (C=S) groups is 1. The summed E-state index contributed by atoms with van der Waals surface area (Å²) in [5, 5.41) is 2.77. The molecule has 172 valence electrons. The number of hydrogen-bond donors (Lipinski definition) is 1. The molecule has 0 bridgehead atoms. The first-order chi connectivity index (χ1) is 16.4. The Balaban J connectivity index is 1.37. The summed E-state index contributed by atoms with van der Waals surface area (Å²) in [4.78, 5) is 27.2. The number of nitrogens with zero attached hydrogens (tertiary/aromatic N) is 1. The minimum Gasteiger partial charge on any atom is -0.495 e. The summed E-state index contributed by atoms with van der Waals surface area (Å²) in [6.45, 7) is 1.85. The lowest BCUT2D eigenvalue weighted by Crippen LogP contribution is -2.27. The first-order valence-electron chi connectivity index (χ1n) is 10.4. The molecule has 0 atom stereocenters. The highest BCUT2D eigenvalue weighted by atomic mass is 32.2. The van der Waals surface area contributed by atoms with E-state index in [9.17, 15) is 9.59 Å². The van der Waals surface area contributed by atoms with Crippen LogP contribution >= 0.6 is 24.0 Å². The van der Waals surface area contributed by atoms with Crippen molar-refractivity contribution in [1.82, 2.24) is 0 Å². The van der Waals surface area contributed by atoms with E-state index in [1.807, 2.05) is 55.5 Å². The Hall–Kier alpha value is -3.62. The maximum atomic E-state index is 12.9. The zero-order chi connectivity index (χ0) is 24.1. The Bertz CT molecular complexity index is 1250. The lowest BCUT2D eigenvalue weighted by atomic mass is 10.2. The molecule has 1 saturated heterocycles. The predicted molar refractivity (Wildman–Crippen MR) is 140 cm³/mol. The summed E-state index contributed by atoms with van der Waals surface area (Å²) in [6.07, 6.45) is 1.80. The van der Waals surface area contributed by atoms with Gasteiger partial charge in [-0.2, -0.15) is 0 Å². The number of rotatable bonds is 7. The number of amides is 2. The second-order valence-corrected chi connectivity index (χ2v) is 9.13. The van der Waals surface area contributed by atoms with Crippen LogP contribution in [0.4, 0.5) is 11.4 Å². The molecule has 34 heavy (non-hydrogen) atoms. The number of nitrogens with one attached hydrogen (secondary N) is 1. The van der Waals surface area contributed by atoms with Crippen molar-refractivity contribution >= 4 is 57.6 Å². The maximum Gasteiger partial charge on any atom is 0.270 e. The topological polar surface area (TPSA) is 67.9 Å². The fraction of sp³-hybridized carbons (Fsp3) is 0.115. The molecule has 3 aromatic rings. The third kappa shape index (κ3) is 5.47. The van der Waals surface area contributed by atoms with Crippen LogP contribution in [0.2, 0.25) is 0 Å². The van der Waals surface area contributed by atoms with Crippen LogP contribution < -0.4 is 19.7 Å². The van der Waals surface area contributed by atoms with Gasteiger partial charge in [0.2, 0.25) is 0 Å². The van der Waals surface area contributed by atoms with E-state index in [1.165, 1.54) is 11.8 Å². The Morgan fingerprint density at radius 3 is 2.47 bits per heavy atom. The van der Waals surface area contributed by atoms with E-state index in [0.717, 1.165) is 16.8 Å². The fourth-order valence-corrected chi connectivity index (χ4v) is 4.58. The number of benzene rings is 3. The summed E-state index contributed by atoms with van der Waals surface area (Å²) < 4.78 is 11.3. The zero-order valence-corrected chi connectivity index (χ0v) is 20.2. The third-order valence-electron chi connectivity index (χ3n) is 5.01. The van der Waals surface area contributed by atoms with Crippen LogP contribution in [0, 0.1) is 6.92 Å². The average Bonchev–Trinajstić information content (AvgIpc) is 3.12. The summed E-state index contributed by atoms with van der Waals surface area (Å²) in [5.41, 5.74) is 3.28. The molecule has 1 fully saturated rings. The molecule has 8 heteroatoms. The smallest absolute Gasteiger partial charge is 0.270 e. The number of carbonyl (C=O) groups is 2. The zero-order valence-electron chi connectivity index (χ0n) is 18.6. The van der Waals surface area contributed by atoms with Gasteiger partial charge in [-0.15, -0.1) is 0 Å². The van der Waals surface area contributed by atoms with Crippen molar-refractivity contribution in [3.63, 3.8) is 0 Å². The van der Waals surface area contributed by atoms with Gasteiger partial charge in [-0.05, 0) is 55.0 Å². The van der Waals surface area contributed by atoms with Gasteiger partial charge < -0.3 is 14.8 Å². The molecule has 1 heterocycles. The number of aryl methyl sites for hydroxylation is 1. The van der Waals surface area contributed by atoms with Gasteiger partial charge in [0.25, 0.3) is 11.8 Å². The van der Waals surface area contributed by atoms with E-state index >= 15 is 0 Å². The van der Waals surface area contributed by atoms with Crippen LogP contribution in [0.25, 0.3) is 6.08 Å². The summed E-state index contributed by atoms with van der Waals surface area (Å²) in [7, 11) is 1.55. The van der Waals surface area contributed by atoms with Gasteiger partial charge in [0, 0.05) is 0 Å². The lowest BCUT2D eigenvalue weighted by Gasteiger charge is -2.14. The van der Waals surface area contributed by atoms with Crippen molar-refractivity contribution < 1.29 is 19.1 Å². The molecule has 0 aliphatic carbocycles. The van der Waals surface area contributed by atoms with Crippen molar-refractivity contribution in [2.75, 3.05) is 23.9 Å². The number of ether oxygens (including phenoxy) is 2. The average molecular weight is 491 g/mol. The summed E-state index contributed by atoms with van der Waals surface area (Å²) in [5.74, 6) is 0.674. The monoisotopic (exact) mass is 490 g/mol. The molecule has 1 aliphatic heterocycles. The molecule has 2 amide bonds. The highest BCUT2D eigenvalue weighted by Crippen LogP contribution is 2.36. The molecule has 4 rings (SSSR count). The molecule has 0 unspecified atom stereocenters. The molecular formula is C26H22N2O4S2. The van der Waals surface area contributed by atoms with E-state index in [1.54, 1.807) is 42.4 Å². The van der Waals surface area contributed by atoms with Gasteiger partial charge in [0.1, 0.15) is 11.5 Å². The minimum atomic E-state index is -0.298. The number of thioether (sulfide) groups is 1.